The molecule has 2 rings (SSSR count). The van der Waals surface area contributed by atoms with Gasteiger partial charge in [0.15, 0.2) is 5.96 Å². The van der Waals surface area contributed by atoms with Gasteiger partial charge in [0.1, 0.15) is 0 Å². The first-order valence-electron chi connectivity index (χ1n) is 8.99. The third-order valence-corrected chi connectivity index (χ3v) is 5.42. The van der Waals surface area contributed by atoms with Crippen LogP contribution < -0.4 is 5.32 Å². The van der Waals surface area contributed by atoms with Crippen molar-refractivity contribution in [2.75, 3.05) is 39.3 Å². The van der Waals surface area contributed by atoms with Crippen LogP contribution >= 0.6 is 23.2 Å². The number of halogens is 2. The number of carbonyl (C=O) groups excluding carboxylic acids is 1. The van der Waals surface area contributed by atoms with E-state index >= 15 is 0 Å². The SMILES string of the molecule is CCNC(=NCC(C)(C)c1ccc(Cl)c(Cl)c1)N1CCN(C(C)=O)CC1. The largest absolute Gasteiger partial charge is 0.357 e. The molecule has 1 amide bonds. The zero-order chi connectivity index (χ0) is 19.3. The lowest BCUT2D eigenvalue weighted by molar-refractivity contribution is -0.130. The minimum absolute atomic E-state index is 0.132. The monoisotopic (exact) mass is 398 g/mol. The van der Waals surface area contributed by atoms with Gasteiger partial charge in [-0.3, -0.25) is 9.79 Å². The first kappa shape index (κ1) is 20.8. The summed E-state index contributed by atoms with van der Waals surface area (Å²) in [5, 5.41) is 4.49. The summed E-state index contributed by atoms with van der Waals surface area (Å²) in [6.07, 6.45) is 0. The highest BCUT2D eigenvalue weighted by molar-refractivity contribution is 6.42. The normalized spacial score (nSPS) is 16.0. The first-order chi connectivity index (χ1) is 12.2. The minimum atomic E-state index is -0.171. The van der Waals surface area contributed by atoms with E-state index in [-0.39, 0.29) is 11.3 Å². The summed E-state index contributed by atoms with van der Waals surface area (Å²) in [6, 6.07) is 5.75. The highest BCUT2D eigenvalue weighted by atomic mass is 35.5. The van der Waals surface area contributed by atoms with Crippen LogP contribution in [0, 0.1) is 0 Å². The molecule has 1 heterocycles. The summed E-state index contributed by atoms with van der Waals surface area (Å²) in [5.74, 6) is 1.02. The lowest BCUT2D eigenvalue weighted by atomic mass is 9.85. The first-order valence-corrected chi connectivity index (χ1v) is 9.74. The van der Waals surface area contributed by atoms with Crippen molar-refractivity contribution >= 4 is 35.1 Å². The van der Waals surface area contributed by atoms with E-state index in [1.165, 1.54) is 0 Å². The maximum Gasteiger partial charge on any atom is 0.219 e. The summed E-state index contributed by atoms with van der Waals surface area (Å²) in [4.78, 5) is 20.5. The second-order valence-corrected chi connectivity index (χ2v) is 7.99. The van der Waals surface area contributed by atoms with E-state index in [2.05, 4.69) is 31.0 Å². The van der Waals surface area contributed by atoms with Crippen molar-refractivity contribution in [3.05, 3.63) is 33.8 Å². The van der Waals surface area contributed by atoms with Crippen LogP contribution in [0.5, 0.6) is 0 Å². The van der Waals surface area contributed by atoms with Crippen molar-refractivity contribution < 1.29 is 4.79 Å². The molecular formula is C19H28Cl2N4O. The van der Waals surface area contributed by atoms with Crippen molar-refractivity contribution in [1.82, 2.24) is 15.1 Å². The standard InChI is InChI=1S/C19H28Cl2N4O/c1-5-22-18(25-10-8-24(9-11-25)14(2)26)23-13-19(3,4)15-6-7-16(20)17(21)12-15/h6-7,12H,5,8-11,13H2,1-4H3,(H,22,23). The molecule has 0 spiro atoms. The average molecular weight is 399 g/mol. The molecule has 0 atom stereocenters. The van der Waals surface area contributed by atoms with Crippen molar-refractivity contribution in [3.63, 3.8) is 0 Å². The van der Waals surface area contributed by atoms with Gasteiger partial charge >= 0.3 is 0 Å². The molecule has 0 radical (unpaired) electrons. The van der Waals surface area contributed by atoms with Gasteiger partial charge in [-0.1, -0.05) is 43.1 Å². The number of hydrogen-bond acceptors (Lipinski definition) is 2. The van der Waals surface area contributed by atoms with E-state index in [1.807, 2.05) is 23.1 Å². The summed E-state index contributed by atoms with van der Waals surface area (Å²) >= 11 is 12.2. The van der Waals surface area contributed by atoms with Gasteiger partial charge in [0.25, 0.3) is 0 Å². The van der Waals surface area contributed by atoms with Crippen LogP contribution in [-0.4, -0.2) is 60.9 Å². The molecule has 1 aromatic rings. The molecule has 1 N–H and O–H groups in total. The molecule has 5 nitrogen and oxygen atoms in total. The molecule has 144 valence electrons. The molecule has 1 aromatic carbocycles. The fraction of sp³-hybridized carbons (Fsp3) is 0.579. The molecule has 0 aliphatic carbocycles. The number of rotatable bonds is 4. The quantitative estimate of drug-likeness (QED) is 0.624. The highest BCUT2D eigenvalue weighted by Crippen LogP contribution is 2.30. The Morgan fingerprint density at radius 3 is 2.31 bits per heavy atom. The van der Waals surface area contributed by atoms with Crippen LogP contribution in [0.15, 0.2) is 23.2 Å². The Bertz CT molecular complexity index is 668. The van der Waals surface area contributed by atoms with Gasteiger partial charge in [-0.05, 0) is 24.6 Å². The van der Waals surface area contributed by atoms with Crippen LogP contribution in [0.2, 0.25) is 10.0 Å². The summed E-state index contributed by atoms with van der Waals surface area (Å²) < 4.78 is 0. The number of piperazine rings is 1. The Balaban J connectivity index is 2.10. The molecule has 1 fully saturated rings. The van der Waals surface area contributed by atoms with Crippen LogP contribution in [-0.2, 0) is 10.2 Å². The van der Waals surface area contributed by atoms with Crippen molar-refractivity contribution in [3.8, 4) is 0 Å². The Morgan fingerprint density at radius 2 is 1.77 bits per heavy atom. The maximum atomic E-state index is 11.5. The number of amides is 1. The highest BCUT2D eigenvalue weighted by Gasteiger charge is 2.24. The second kappa shape index (κ2) is 8.96. The predicted molar refractivity (Wildman–Crippen MR) is 109 cm³/mol. The zero-order valence-corrected chi connectivity index (χ0v) is 17.5. The Labute approximate surface area is 166 Å². The van der Waals surface area contributed by atoms with E-state index < -0.39 is 0 Å². The number of guanidine groups is 1. The molecule has 0 bridgehead atoms. The van der Waals surface area contributed by atoms with E-state index in [0.29, 0.717) is 16.6 Å². The molecule has 0 unspecified atom stereocenters. The summed E-state index contributed by atoms with van der Waals surface area (Å²) in [7, 11) is 0. The summed E-state index contributed by atoms with van der Waals surface area (Å²) in [5.41, 5.74) is 0.934. The lowest BCUT2D eigenvalue weighted by Crippen LogP contribution is -2.53. The van der Waals surface area contributed by atoms with E-state index in [4.69, 9.17) is 28.2 Å². The molecule has 26 heavy (non-hydrogen) atoms. The molecule has 1 saturated heterocycles. The van der Waals surface area contributed by atoms with Crippen LogP contribution in [0.25, 0.3) is 0 Å². The number of aliphatic imine (C=N–C) groups is 1. The summed E-state index contributed by atoms with van der Waals surface area (Å²) in [6.45, 7) is 12.4. The molecule has 0 saturated carbocycles. The number of benzene rings is 1. The molecule has 1 aliphatic rings. The van der Waals surface area contributed by atoms with Gasteiger partial charge in [-0.15, -0.1) is 0 Å². The van der Waals surface area contributed by atoms with Gasteiger partial charge in [-0.2, -0.15) is 0 Å². The number of nitrogens with zero attached hydrogens (tertiary/aromatic N) is 3. The molecule has 0 aromatic heterocycles. The number of hydrogen-bond donors (Lipinski definition) is 1. The van der Waals surface area contributed by atoms with Gasteiger partial charge in [0.2, 0.25) is 5.91 Å². The van der Waals surface area contributed by atoms with Crippen LogP contribution in [0.4, 0.5) is 0 Å². The van der Waals surface area contributed by atoms with Crippen molar-refractivity contribution in [1.29, 1.82) is 0 Å². The zero-order valence-electron chi connectivity index (χ0n) is 16.0. The predicted octanol–water partition coefficient (Wildman–Crippen LogP) is 3.40. The molecule has 1 aliphatic heterocycles. The average Bonchev–Trinajstić information content (AvgIpc) is 2.61. The fourth-order valence-corrected chi connectivity index (χ4v) is 3.24. The Kier molecular flexibility index (Phi) is 7.18. The third-order valence-electron chi connectivity index (χ3n) is 4.68. The smallest absolute Gasteiger partial charge is 0.219 e. The molecule has 7 heteroatoms. The van der Waals surface area contributed by atoms with Crippen LogP contribution in [0.1, 0.15) is 33.3 Å². The van der Waals surface area contributed by atoms with Gasteiger partial charge in [0, 0.05) is 45.1 Å². The Morgan fingerprint density at radius 1 is 1.15 bits per heavy atom. The minimum Gasteiger partial charge on any atom is -0.357 e. The fourth-order valence-electron chi connectivity index (χ4n) is 2.94. The van der Waals surface area contributed by atoms with E-state index in [0.717, 1.165) is 44.2 Å². The second-order valence-electron chi connectivity index (χ2n) is 7.18. The topological polar surface area (TPSA) is 47.9 Å². The maximum absolute atomic E-state index is 11.5. The van der Waals surface area contributed by atoms with Crippen molar-refractivity contribution in [2.45, 2.75) is 33.1 Å². The number of carbonyl (C=O) groups is 1. The lowest BCUT2D eigenvalue weighted by Gasteiger charge is -2.36. The van der Waals surface area contributed by atoms with E-state index in [9.17, 15) is 4.79 Å². The number of nitrogens with one attached hydrogen (secondary N) is 1. The van der Waals surface area contributed by atoms with Gasteiger partial charge in [-0.25, -0.2) is 0 Å². The van der Waals surface area contributed by atoms with Gasteiger partial charge < -0.3 is 15.1 Å². The van der Waals surface area contributed by atoms with Crippen LogP contribution in [0.3, 0.4) is 0 Å². The third kappa shape index (κ3) is 5.27. The van der Waals surface area contributed by atoms with Crippen molar-refractivity contribution in [2.24, 2.45) is 4.99 Å². The van der Waals surface area contributed by atoms with Gasteiger partial charge in [0.05, 0.1) is 16.6 Å². The van der Waals surface area contributed by atoms with E-state index in [1.54, 1.807) is 6.92 Å². The molecular weight excluding hydrogens is 371 g/mol. The Hall–Kier alpha value is -1.46.